The number of rotatable bonds is 0. The van der Waals surface area contributed by atoms with E-state index in [1.54, 1.807) is 0 Å². The molecule has 0 radical (unpaired) electrons. The number of para-hydroxylation sites is 2. The number of aromatic nitrogens is 3. The summed E-state index contributed by atoms with van der Waals surface area (Å²) in [4.78, 5) is 0. The summed E-state index contributed by atoms with van der Waals surface area (Å²) in [5.74, 6) is 0. The summed E-state index contributed by atoms with van der Waals surface area (Å²) in [7, 11) is 0. The minimum absolute atomic E-state index is 0. The van der Waals surface area contributed by atoms with Gasteiger partial charge in [-0.15, -0.1) is 0 Å². The molecule has 0 fully saturated rings. The van der Waals surface area contributed by atoms with Gasteiger partial charge in [0.2, 0.25) is 0 Å². The summed E-state index contributed by atoms with van der Waals surface area (Å²) < 4.78 is 0. The van der Waals surface area contributed by atoms with Crippen molar-refractivity contribution in [2.24, 2.45) is 0 Å². The van der Waals surface area contributed by atoms with Crippen LogP contribution in [0.4, 0.5) is 0 Å². The van der Waals surface area contributed by atoms with Crippen molar-refractivity contribution in [1.82, 2.24) is 15.4 Å². The molecule has 1 heterocycles. The van der Waals surface area contributed by atoms with Crippen molar-refractivity contribution in [1.29, 1.82) is 0 Å². The largest absolute Gasteiger partial charge is 2.00 e. The Morgan fingerprint density at radius 3 is 2.00 bits per heavy atom. The maximum absolute atomic E-state index is 3.88. The zero-order chi connectivity index (χ0) is 6.10. The van der Waals surface area contributed by atoms with Crippen molar-refractivity contribution < 1.29 is 19.5 Å². The molecule has 0 spiro atoms. The standard InChI is InChI=1S/C6H5N3.Zn/c1-2-4-6-5(3-1)7-9-8-6;/h1-4H,(H,7,8,9);/q;+2. The number of H-pyrrole nitrogens is 1. The molecule has 0 aliphatic heterocycles. The summed E-state index contributed by atoms with van der Waals surface area (Å²) >= 11 is 0. The molecule has 0 saturated heterocycles. The molecule has 0 saturated carbocycles. The van der Waals surface area contributed by atoms with Gasteiger partial charge >= 0.3 is 19.5 Å². The van der Waals surface area contributed by atoms with Gasteiger partial charge in [0.25, 0.3) is 0 Å². The second-order valence-electron chi connectivity index (χ2n) is 1.81. The van der Waals surface area contributed by atoms with E-state index < -0.39 is 0 Å². The number of hydrogen-bond donors (Lipinski definition) is 1. The number of hydrogen-bond acceptors (Lipinski definition) is 2. The molecule has 2 aromatic rings. The normalized spacial score (nSPS) is 9.20. The van der Waals surface area contributed by atoms with Gasteiger partial charge in [0.1, 0.15) is 11.0 Å². The Kier molecular flexibility index (Phi) is 2.12. The molecule has 0 atom stereocenters. The third-order valence-corrected chi connectivity index (χ3v) is 1.22. The molecular formula is C6H5N3Zn+2. The molecular weight excluding hydrogens is 179 g/mol. The summed E-state index contributed by atoms with van der Waals surface area (Å²) in [6.45, 7) is 0. The van der Waals surface area contributed by atoms with Crippen LogP contribution in [0, 0.1) is 0 Å². The predicted octanol–water partition coefficient (Wildman–Crippen LogP) is 0.955. The Morgan fingerprint density at radius 1 is 1.00 bits per heavy atom. The third kappa shape index (κ3) is 1.07. The smallest absolute Gasteiger partial charge is 0.197 e. The molecule has 0 aliphatic rings. The number of nitrogens with one attached hydrogen (secondary N) is 1. The summed E-state index contributed by atoms with van der Waals surface area (Å²) in [5.41, 5.74) is 1.83. The van der Waals surface area contributed by atoms with E-state index in [9.17, 15) is 0 Å². The van der Waals surface area contributed by atoms with Crippen LogP contribution >= 0.6 is 0 Å². The van der Waals surface area contributed by atoms with Crippen LogP contribution in [0.1, 0.15) is 0 Å². The minimum Gasteiger partial charge on any atom is -0.197 e. The predicted molar refractivity (Wildman–Crippen MR) is 33.9 cm³/mol. The van der Waals surface area contributed by atoms with E-state index in [1.165, 1.54) is 0 Å². The summed E-state index contributed by atoms with van der Waals surface area (Å²) in [6.07, 6.45) is 0. The molecule has 3 nitrogen and oxygen atoms in total. The van der Waals surface area contributed by atoms with Gasteiger partial charge < -0.3 is 0 Å². The zero-order valence-electron chi connectivity index (χ0n) is 5.41. The summed E-state index contributed by atoms with van der Waals surface area (Å²) in [6, 6.07) is 7.70. The Morgan fingerprint density at radius 2 is 1.50 bits per heavy atom. The van der Waals surface area contributed by atoms with Crippen LogP contribution in [0.25, 0.3) is 11.0 Å². The molecule has 0 aliphatic carbocycles. The quantitative estimate of drug-likeness (QED) is 0.620. The Balaban J connectivity index is 0.000000500. The first-order chi connectivity index (χ1) is 4.47. The van der Waals surface area contributed by atoms with Gasteiger partial charge in [0.05, 0.1) is 0 Å². The van der Waals surface area contributed by atoms with Gasteiger partial charge in [-0.05, 0) is 12.1 Å². The van der Waals surface area contributed by atoms with E-state index >= 15 is 0 Å². The van der Waals surface area contributed by atoms with E-state index in [2.05, 4.69) is 15.4 Å². The molecule has 1 aromatic heterocycles. The van der Waals surface area contributed by atoms with Crippen LogP contribution in [0.15, 0.2) is 24.3 Å². The molecule has 10 heavy (non-hydrogen) atoms. The second kappa shape index (κ2) is 2.89. The van der Waals surface area contributed by atoms with Gasteiger partial charge in [0, 0.05) is 0 Å². The molecule has 2 rings (SSSR count). The van der Waals surface area contributed by atoms with E-state index in [-0.39, 0.29) is 19.5 Å². The maximum atomic E-state index is 3.88. The third-order valence-electron chi connectivity index (χ3n) is 1.22. The molecule has 1 aromatic carbocycles. The molecule has 0 bridgehead atoms. The van der Waals surface area contributed by atoms with Crippen LogP contribution < -0.4 is 0 Å². The molecule has 4 heteroatoms. The monoisotopic (exact) mass is 183 g/mol. The number of nitrogens with zero attached hydrogens (tertiary/aromatic N) is 2. The van der Waals surface area contributed by atoms with Crippen LogP contribution in [-0.4, -0.2) is 15.4 Å². The molecule has 0 unspecified atom stereocenters. The van der Waals surface area contributed by atoms with Gasteiger partial charge in [-0.2, -0.15) is 15.4 Å². The van der Waals surface area contributed by atoms with Crippen molar-refractivity contribution in [3.63, 3.8) is 0 Å². The topological polar surface area (TPSA) is 41.6 Å². The number of benzene rings is 1. The van der Waals surface area contributed by atoms with Crippen molar-refractivity contribution in [3.8, 4) is 0 Å². The van der Waals surface area contributed by atoms with Crippen LogP contribution in [0.2, 0.25) is 0 Å². The minimum atomic E-state index is 0. The number of aromatic amines is 1. The van der Waals surface area contributed by atoms with Crippen molar-refractivity contribution >= 4 is 11.0 Å². The van der Waals surface area contributed by atoms with E-state index in [1.807, 2.05) is 24.3 Å². The molecule has 44 valence electrons. The van der Waals surface area contributed by atoms with E-state index in [0.717, 1.165) is 11.0 Å². The SMILES string of the molecule is [Zn+2].c1ccc2n[nH]nc2c1. The van der Waals surface area contributed by atoms with Crippen molar-refractivity contribution in [2.45, 2.75) is 0 Å². The second-order valence-corrected chi connectivity index (χ2v) is 1.81. The summed E-state index contributed by atoms with van der Waals surface area (Å²) in [5, 5.41) is 10.3. The van der Waals surface area contributed by atoms with E-state index in [4.69, 9.17) is 0 Å². The number of fused-ring (bicyclic) bond motifs is 1. The Labute approximate surface area is 70.6 Å². The Hall–Kier alpha value is -0.757. The first-order valence-electron chi connectivity index (χ1n) is 2.72. The first-order valence-corrected chi connectivity index (χ1v) is 2.72. The van der Waals surface area contributed by atoms with Gasteiger partial charge in [-0.3, -0.25) is 0 Å². The van der Waals surface area contributed by atoms with Crippen molar-refractivity contribution in [2.75, 3.05) is 0 Å². The fourth-order valence-electron chi connectivity index (χ4n) is 0.786. The fraction of sp³-hybridized carbons (Fsp3) is 0. The average molecular weight is 185 g/mol. The van der Waals surface area contributed by atoms with Crippen LogP contribution in [0.3, 0.4) is 0 Å². The van der Waals surface area contributed by atoms with Crippen LogP contribution in [0.5, 0.6) is 0 Å². The Bertz CT molecular complexity index is 287. The van der Waals surface area contributed by atoms with Gasteiger partial charge in [0.15, 0.2) is 0 Å². The molecule has 0 amide bonds. The zero-order valence-corrected chi connectivity index (χ0v) is 8.38. The molecule has 1 N–H and O–H groups in total. The average Bonchev–Trinajstić information content (AvgIpc) is 2.33. The van der Waals surface area contributed by atoms with Crippen molar-refractivity contribution in [3.05, 3.63) is 24.3 Å². The van der Waals surface area contributed by atoms with Gasteiger partial charge in [-0.25, -0.2) is 0 Å². The van der Waals surface area contributed by atoms with Gasteiger partial charge in [-0.1, -0.05) is 12.1 Å². The fourth-order valence-corrected chi connectivity index (χ4v) is 0.786. The van der Waals surface area contributed by atoms with E-state index in [0.29, 0.717) is 0 Å². The van der Waals surface area contributed by atoms with Crippen LogP contribution in [-0.2, 0) is 19.5 Å². The first kappa shape index (κ1) is 7.35. The maximum Gasteiger partial charge on any atom is 2.00 e.